The van der Waals surface area contributed by atoms with Crippen LogP contribution in [0, 0.1) is 11.8 Å². The number of hydrogen-bond donors (Lipinski definition) is 3. The predicted octanol–water partition coefficient (Wildman–Crippen LogP) is 0.970. The van der Waals surface area contributed by atoms with Crippen LogP contribution in [0.3, 0.4) is 0 Å². The van der Waals surface area contributed by atoms with Gasteiger partial charge >= 0.3 is 12.0 Å². The Bertz CT molecular complexity index is 564. The molecule has 1 aliphatic heterocycles. The molecule has 1 fully saturated rings. The zero-order valence-electron chi connectivity index (χ0n) is 11.6. The van der Waals surface area contributed by atoms with Crippen molar-refractivity contribution in [1.82, 2.24) is 4.90 Å². The van der Waals surface area contributed by atoms with E-state index in [1.165, 1.54) is 0 Å². The maximum absolute atomic E-state index is 12.2. The number of nitrogens with one attached hydrogen (secondary N) is 1. The number of primary amides is 1. The number of carbonyl (C=O) groups is 3. The van der Waals surface area contributed by atoms with Crippen LogP contribution in [-0.4, -0.2) is 41.0 Å². The fraction of sp³-hybridized carbons (Fsp3) is 0.357. The molecular weight excluding hydrogens is 274 g/mol. The van der Waals surface area contributed by atoms with E-state index in [0.717, 1.165) is 0 Å². The minimum atomic E-state index is -0.839. The summed E-state index contributed by atoms with van der Waals surface area (Å²) in [6.45, 7) is 2.56. The van der Waals surface area contributed by atoms with Gasteiger partial charge in [0.05, 0.1) is 5.92 Å². The molecule has 4 N–H and O–H groups in total. The molecule has 0 aliphatic carbocycles. The van der Waals surface area contributed by atoms with Gasteiger partial charge in [-0.15, -0.1) is 0 Å². The first-order chi connectivity index (χ1) is 9.88. The first kappa shape index (κ1) is 14.8. The Balaban J connectivity index is 1.93. The van der Waals surface area contributed by atoms with Gasteiger partial charge in [0.2, 0.25) is 0 Å². The number of carbonyl (C=O) groups excluding carboxylic acids is 2. The molecule has 21 heavy (non-hydrogen) atoms. The molecule has 3 amide bonds. The van der Waals surface area contributed by atoms with Crippen LogP contribution in [0.25, 0.3) is 0 Å². The van der Waals surface area contributed by atoms with Crippen LogP contribution < -0.4 is 11.1 Å². The van der Waals surface area contributed by atoms with Gasteiger partial charge in [0.25, 0.3) is 5.91 Å². The SMILES string of the molecule is CC(C(=O)O)C1CN(C(=O)c2ccc(NC(N)=O)cc2)C1. The number of carboxylic acids is 1. The molecule has 112 valence electrons. The first-order valence-corrected chi connectivity index (χ1v) is 6.57. The molecule has 0 saturated carbocycles. The van der Waals surface area contributed by atoms with Crippen molar-refractivity contribution in [2.24, 2.45) is 17.6 Å². The van der Waals surface area contributed by atoms with Gasteiger partial charge in [-0.2, -0.15) is 0 Å². The summed E-state index contributed by atoms with van der Waals surface area (Å²) in [6.07, 6.45) is 0. The number of rotatable bonds is 4. The molecule has 2 rings (SSSR count). The van der Waals surface area contributed by atoms with Crippen LogP contribution in [0.2, 0.25) is 0 Å². The third-order valence-corrected chi connectivity index (χ3v) is 3.69. The second-order valence-electron chi connectivity index (χ2n) is 5.16. The van der Waals surface area contributed by atoms with Crippen molar-refractivity contribution < 1.29 is 19.5 Å². The smallest absolute Gasteiger partial charge is 0.316 e. The number of aliphatic carboxylic acids is 1. The Hall–Kier alpha value is -2.57. The molecule has 1 saturated heterocycles. The van der Waals surface area contributed by atoms with Gasteiger partial charge < -0.3 is 21.1 Å². The third-order valence-electron chi connectivity index (χ3n) is 3.69. The number of nitrogens with two attached hydrogens (primary N) is 1. The van der Waals surface area contributed by atoms with Crippen molar-refractivity contribution in [3.05, 3.63) is 29.8 Å². The summed E-state index contributed by atoms with van der Waals surface area (Å²) in [5.74, 6) is -1.43. The highest BCUT2D eigenvalue weighted by Crippen LogP contribution is 2.26. The number of anilines is 1. The van der Waals surface area contributed by atoms with Gasteiger partial charge in [0.15, 0.2) is 0 Å². The Kier molecular flexibility index (Phi) is 4.11. The van der Waals surface area contributed by atoms with Gasteiger partial charge in [-0.3, -0.25) is 9.59 Å². The average Bonchev–Trinajstić information content (AvgIpc) is 2.36. The molecule has 1 aliphatic rings. The molecule has 1 atom stereocenters. The lowest BCUT2D eigenvalue weighted by atomic mass is 9.86. The molecule has 7 nitrogen and oxygen atoms in total. The van der Waals surface area contributed by atoms with E-state index in [2.05, 4.69) is 5.32 Å². The maximum atomic E-state index is 12.2. The summed E-state index contributed by atoms with van der Waals surface area (Å²) in [4.78, 5) is 35.3. The van der Waals surface area contributed by atoms with Crippen LogP contribution in [0.4, 0.5) is 10.5 Å². The van der Waals surface area contributed by atoms with Crippen molar-refractivity contribution in [2.75, 3.05) is 18.4 Å². The molecule has 1 aromatic rings. The summed E-state index contributed by atoms with van der Waals surface area (Å²) in [5.41, 5.74) is 6.00. The van der Waals surface area contributed by atoms with E-state index in [9.17, 15) is 14.4 Å². The van der Waals surface area contributed by atoms with Gasteiger partial charge in [-0.05, 0) is 24.3 Å². The van der Waals surface area contributed by atoms with E-state index in [1.54, 1.807) is 36.1 Å². The highest BCUT2D eigenvalue weighted by Gasteiger charge is 2.37. The molecule has 7 heteroatoms. The Morgan fingerprint density at radius 2 is 1.86 bits per heavy atom. The molecule has 1 heterocycles. The monoisotopic (exact) mass is 291 g/mol. The number of nitrogens with zero attached hydrogens (tertiary/aromatic N) is 1. The minimum absolute atomic E-state index is 0.00208. The van der Waals surface area contributed by atoms with Crippen LogP contribution >= 0.6 is 0 Å². The van der Waals surface area contributed by atoms with Crippen LogP contribution in [0.5, 0.6) is 0 Å². The van der Waals surface area contributed by atoms with E-state index < -0.39 is 17.9 Å². The molecule has 1 aromatic carbocycles. The van der Waals surface area contributed by atoms with Crippen molar-refractivity contribution >= 4 is 23.6 Å². The van der Waals surface area contributed by atoms with E-state index in [-0.39, 0.29) is 11.8 Å². The molecule has 0 bridgehead atoms. The largest absolute Gasteiger partial charge is 0.481 e. The van der Waals surface area contributed by atoms with Gasteiger partial charge in [-0.1, -0.05) is 6.92 Å². The zero-order chi connectivity index (χ0) is 15.6. The molecule has 0 aromatic heterocycles. The standard InChI is InChI=1S/C14H17N3O4/c1-8(13(19)20)10-6-17(7-10)12(18)9-2-4-11(5-3-9)16-14(15)21/h2-5,8,10H,6-7H2,1H3,(H,19,20)(H3,15,16,21). The van der Waals surface area contributed by atoms with Gasteiger partial charge in [0.1, 0.15) is 0 Å². The first-order valence-electron chi connectivity index (χ1n) is 6.57. The number of benzene rings is 1. The molecular formula is C14H17N3O4. The number of carboxylic acid groups (broad SMARTS) is 1. The summed E-state index contributed by atoms with van der Waals surface area (Å²) < 4.78 is 0. The summed E-state index contributed by atoms with van der Waals surface area (Å²) in [5, 5.41) is 11.3. The van der Waals surface area contributed by atoms with E-state index >= 15 is 0 Å². The highest BCUT2D eigenvalue weighted by atomic mass is 16.4. The fourth-order valence-electron chi connectivity index (χ4n) is 2.22. The molecule has 1 unspecified atom stereocenters. The number of hydrogen-bond acceptors (Lipinski definition) is 3. The lowest BCUT2D eigenvalue weighted by Gasteiger charge is -2.41. The average molecular weight is 291 g/mol. The third kappa shape index (κ3) is 3.31. The van der Waals surface area contributed by atoms with Crippen molar-refractivity contribution in [1.29, 1.82) is 0 Å². The van der Waals surface area contributed by atoms with E-state index in [0.29, 0.717) is 24.3 Å². The van der Waals surface area contributed by atoms with Crippen LogP contribution in [0.15, 0.2) is 24.3 Å². The van der Waals surface area contributed by atoms with Crippen molar-refractivity contribution in [2.45, 2.75) is 6.92 Å². The van der Waals surface area contributed by atoms with Crippen LogP contribution in [0.1, 0.15) is 17.3 Å². The van der Waals surface area contributed by atoms with Crippen molar-refractivity contribution in [3.8, 4) is 0 Å². The second-order valence-corrected chi connectivity index (χ2v) is 5.16. The lowest BCUT2D eigenvalue weighted by molar-refractivity contribution is -0.144. The highest BCUT2D eigenvalue weighted by molar-refractivity contribution is 5.96. The minimum Gasteiger partial charge on any atom is -0.481 e. The number of likely N-dealkylation sites (tertiary alicyclic amines) is 1. The second kappa shape index (κ2) is 5.82. The van der Waals surface area contributed by atoms with E-state index in [1.807, 2.05) is 0 Å². The Morgan fingerprint density at radius 1 is 1.29 bits per heavy atom. The maximum Gasteiger partial charge on any atom is 0.316 e. The Labute approximate surface area is 121 Å². The number of amides is 3. The lowest BCUT2D eigenvalue weighted by Crippen LogP contribution is -2.53. The molecule has 0 spiro atoms. The molecule has 0 radical (unpaired) electrons. The van der Waals surface area contributed by atoms with Gasteiger partial charge in [0, 0.05) is 30.3 Å². The quantitative estimate of drug-likeness (QED) is 0.767. The topological polar surface area (TPSA) is 113 Å². The van der Waals surface area contributed by atoms with Gasteiger partial charge in [-0.25, -0.2) is 4.79 Å². The zero-order valence-corrected chi connectivity index (χ0v) is 11.6. The summed E-state index contributed by atoms with van der Waals surface area (Å²) in [6, 6.07) is 5.72. The normalized spacial score (nSPS) is 16.0. The van der Waals surface area contributed by atoms with E-state index in [4.69, 9.17) is 10.8 Å². The van der Waals surface area contributed by atoms with Crippen molar-refractivity contribution in [3.63, 3.8) is 0 Å². The summed E-state index contributed by atoms with van der Waals surface area (Å²) in [7, 11) is 0. The fourth-order valence-corrected chi connectivity index (χ4v) is 2.22. The van der Waals surface area contributed by atoms with Crippen LogP contribution in [-0.2, 0) is 4.79 Å². The predicted molar refractivity (Wildman–Crippen MR) is 75.8 cm³/mol. The Morgan fingerprint density at radius 3 is 2.33 bits per heavy atom. The number of urea groups is 1. The summed E-state index contributed by atoms with van der Waals surface area (Å²) >= 11 is 0.